The molecule has 1 aliphatic rings. The molecular weight excluding hydrogens is 110 g/mol. The van der Waals surface area contributed by atoms with Gasteiger partial charge in [0.25, 0.3) is 0 Å². The molecule has 0 N–H and O–H groups in total. The van der Waals surface area contributed by atoms with Gasteiger partial charge in [-0.25, -0.2) is 0 Å². The average molecular weight is 117 g/mol. The van der Waals surface area contributed by atoms with E-state index in [4.69, 9.17) is 4.74 Å². The predicted molar refractivity (Wildman–Crippen MR) is 31.7 cm³/mol. The quantitative estimate of drug-likeness (QED) is 0.505. The van der Waals surface area contributed by atoms with Gasteiger partial charge in [0.05, 0.1) is 5.88 Å². The van der Waals surface area contributed by atoms with Crippen LogP contribution < -0.4 is 0 Å². The molecule has 0 aromatic carbocycles. The Morgan fingerprint density at radius 3 is 3.14 bits per heavy atom. The van der Waals surface area contributed by atoms with Gasteiger partial charge < -0.3 is 4.74 Å². The SMILES string of the molecule is COC1C=NCS1. The monoisotopic (exact) mass is 117 g/mol. The van der Waals surface area contributed by atoms with Gasteiger partial charge in [0.2, 0.25) is 0 Å². The number of hydrogen-bond acceptors (Lipinski definition) is 3. The molecule has 40 valence electrons. The van der Waals surface area contributed by atoms with Crippen LogP contribution in [0.1, 0.15) is 0 Å². The highest BCUT2D eigenvalue weighted by Gasteiger charge is 2.06. The molecule has 0 aromatic heterocycles. The Kier molecular flexibility index (Phi) is 1.70. The van der Waals surface area contributed by atoms with Crippen molar-refractivity contribution in [3.63, 3.8) is 0 Å². The first-order chi connectivity index (χ1) is 3.43. The molecule has 1 heterocycles. The van der Waals surface area contributed by atoms with Crippen molar-refractivity contribution >= 4 is 18.0 Å². The molecule has 0 radical (unpaired) electrons. The van der Waals surface area contributed by atoms with Crippen LogP contribution in [0.2, 0.25) is 0 Å². The number of ether oxygens (including phenoxy) is 1. The minimum absolute atomic E-state index is 0.222. The maximum Gasteiger partial charge on any atom is 0.139 e. The normalized spacial score (nSPS) is 29.0. The van der Waals surface area contributed by atoms with E-state index in [1.807, 2.05) is 6.21 Å². The van der Waals surface area contributed by atoms with Gasteiger partial charge in [-0.2, -0.15) is 0 Å². The minimum atomic E-state index is 0.222. The molecule has 1 rings (SSSR count). The number of rotatable bonds is 1. The molecule has 0 aliphatic carbocycles. The van der Waals surface area contributed by atoms with Crippen LogP contribution in [0, 0.1) is 0 Å². The van der Waals surface area contributed by atoms with E-state index in [0.717, 1.165) is 5.88 Å². The topological polar surface area (TPSA) is 21.6 Å². The third-order valence-electron chi connectivity index (χ3n) is 0.773. The smallest absolute Gasteiger partial charge is 0.139 e. The first kappa shape index (κ1) is 5.12. The van der Waals surface area contributed by atoms with Crippen molar-refractivity contribution in [3.05, 3.63) is 0 Å². The van der Waals surface area contributed by atoms with Crippen LogP contribution in [-0.2, 0) is 4.74 Å². The maximum atomic E-state index is 4.92. The van der Waals surface area contributed by atoms with E-state index in [1.165, 1.54) is 0 Å². The largest absolute Gasteiger partial charge is 0.365 e. The van der Waals surface area contributed by atoms with Gasteiger partial charge in [-0.05, 0) is 0 Å². The number of aliphatic imine (C=N–C) groups is 1. The van der Waals surface area contributed by atoms with E-state index in [9.17, 15) is 0 Å². The molecule has 0 bridgehead atoms. The fourth-order valence-electron chi connectivity index (χ4n) is 0.418. The molecule has 3 heteroatoms. The van der Waals surface area contributed by atoms with Crippen LogP contribution in [-0.4, -0.2) is 24.6 Å². The van der Waals surface area contributed by atoms with E-state index < -0.39 is 0 Å². The molecule has 1 unspecified atom stereocenters. The molecule has 0 aromatic rings. The van der Waals surface area contributed by atoms with Crippen molar-refractivity contribution in [2.24, 2.45) is 4.99 Å². The van der Waals surface area contributed by atoms with Gasteiger partial charge in [0.1, 0.15) is 5.44 Å². The summed E-state index contributed by atoms with van der Waals surface area (Å²) in [5.74, 6) is 0.860. The Hall–Kier alpha value is -0.0200. The van der Waals surface area contributed by atoms with Crippen molar-refractivity contribution < 1.29 is 4.74 Å². The molecule has 2 nitrogen and oxygen atoms in total. The lowest BCUT2D eigenvalue weighted by Crippen LogP contribution is -2.00. The van der Waals surface area contributed by atoms with Gasteiger partial charge in [-0.1, -0.05) is 0 Å². The summed E-state index contributed by atoms with van der Waals surface area (Å²) in [4.78, 5) is 3.95. The average Bonchev–Trinajstić information content (AvgIpc) is 2.14. The summed E-state index contributed by atoms with van der Waals surface area (Å²) < 4.78 is 4.92. The summed E-state index contributed by atoms with van der Waals surface area (Å²) >= 11 is 1.70. The number of hydrogen-bond donors (Lipinski definition) is 0. The lowest BCUT2D eigenvalue weighted by Gasteiger charge is -1.97. The third kappa shape index (κ3) is 1.17. The standard InChI is InChI=1S/C4H7NOS/c1-6-4-2-5-3-7-4/h2,4H,3H2,1H3. The van der Waals surface area contributed by atoms with E-state index in [0.29, 0.717) is 0 Å². The molecule has 0 fully saturated rings. The van der Waals surface area contributed by atoms with Gasteiger partial charge in [-0.15, -0.1) is 11.8 Å². The molecule has 0 saturated heterocycles. The molecular formula is C4H7NOS. The summed E-state index contributed by atoms with van der Waals surface area (Å²) in [5.41, 5.74) is 0.222. The van der Waals surface area contributed by atoms with Crippen LogP contribution in [0.25, 0.3) is 0 Å². The van der Waals surface area contributed by atoms with Crippen LogP contribution in [0.15, 0.2) is 4.99 Å². The fraction of sp³-hybridized carbons (Fsp3) is 0.750. The van der Waals surface area contributed by atoms with Crippen LogP contribution in [0.5, 0.6) is 0 Å². The second-order valence-corrected chi connectivity index (χ2v) is 2.29. The van der Waals surface area contributed by atoms with Gasteiger partial charge in [0.15, 0.2) is 0 Å². The Bertz CT molecular complexity index is 83.8. The van der Waals surface area contributed by atoms with Crippen molar-refractivity contribution in [1.82, 2.24) is 0 Å². The Labute approximate surface area is 47.0 Å². The van der Waals surface area contributed by atoms with Crippen molar-refractivity contribution in [2.75, 3.05) is 13.0 Å². The van der Waals surface area contributed by atoms with E-state index >= 15 is 0 Å². The van der Waals surface area contributed by atoms with Crippen LogP contribution in [0.3, 0.4) is 0 Å². The summed E-state index contributed by atoms with van der Waals surface area (Å²) in [7, 11) is 1.69. The van der Waals surface area contributed by atoms with E-state index in [1.54, 1.807) is 18.9 Å². The fourth-order valence-corrected chi connectivity index (χ4v) is 1.04. The first-order valence-electron chi connectivity index (χ1n) is 2.08. The number of nitrogens with zero attached hydrogens (tertiary/aromatic N) is 1. The second kappa shape index (κ2) is 2.33. The second-order valence-electron chi connectivity index (χ2n) is 1.23. The van der Waals surface area contributed by atoms with E-state index in [2.05, 4.69) is 4.99 Å². The Balaban J connectivity index is 2.28. The zero-order chi connectivity index (χ0) is 5.11. The molecule has 1 aliphatic heterocycles. The Morgan fingerprint density at radius 2 is 2.86 bits per heavy atom. The molecule has 0 spiro atoms. The zero-order valence-electron chi connectivity index (χ0n) is 4.13. The molecule has 7 heavy (non-hydrogen) atoms. The van der Waals surface area contributed by atoms with Crippen LogP contribution in [0.4, 0.5) is 0 Å². The van der Waals surface area contributed by atoms with Gasteiger partial charge in [0, 0.05) is 13.3 Å². The summed E-state index contributed by atoms with van der Waals surface area (Å²) in [6.07, 6.45) is 1.82. The third-order valence-corrected chi connectivity index (χ3v) is 1.71. The lowest BCUT2D eigenvalue weighted by molar-refractivity contribution is 0.225. The highest BCUT2D eigenvalue weighted by Crippen LogP contribution is 2.14. The Morgan fingerprint density at radius 1 is 2.00 bits per heavy atom. The summed E-state index contributed by atoms with van der Waals surface area (Å²) in [6.45, 7) is 0. The summed E-state index contributed by atoms with van der Waals surface area (Å²) in [5, 5.41) is 0. The molecule has 0 amide bonds. The first-order valence-corrected chi connectivity index (χ1v) is 3.12. The lowest BCUT2D eigenvalue weighted by atomic mass is 10.8. The van der Waals surface area contributed by atoms with Crippen molar-refractivity contribution in [2.45, 2.75) is 5.44 Å². The minimum Gasteiger partial charge on any atom is -0.365 e. The highest BCUT2D eigenvalue weighted by atomic mass is 32.2. The summed E-state index contributed by atoms with van der Waals surface area (Å²) in [6, 6.07) is 0. The maximum absolute atomic E-state index is 4.92. The predicted octanol–water partition coefficient (Wildman–Crippen LogP) is 0.734. The van der Waals surface area contributed by atoms with Crippen molar-refractivity contribution in [3.8, 4) is 0 Å². The van der Waals surface area contributed by atoms with Gasteiger partial charge >= 0.3 is 0 Å². The zero-order valence-corrected chi connectivity index (χ0v) is 4.94. The van der Waals surface area contributed by atoms with Gasteiger partial charge in [-0.3, -0.25) is 4.99 Å². The van der Waals surface area contributed by atoms with Crippen molar-refractivity contribution in [1.29, 1.82) is 0 Å². The van der Waals surface area contributed by atoms with E-state index in [-0.39, 0.29) is 5.44 Å². The number of thioether (sulfide) groups is 1. The molecule has 0 saturated carbocycles. The number of methoxy groups -OCH3 is 1. The highest BCUT2D eigenvalue weighted by molar-refractivity contribution is 8.00. The van der Waals surface area contributed by atoms with Crippen LogP contribution >= 0.6 is 11.8 Å². The molecule has 1 atom stereocenters.